The zero-order valence-electron chi connectivity index (χ0n) is 45.6. The molecule has 6 nitrogen and oxygen atoms in total. The van der Waals surface area contributed by atoms with E-state index in [0.717, 1.165) is 103 Å². The molecule has 0 radical (unpaired) electrons. The summed E-state index contributed by atoms with van der Waals surface area (Å²) < 4.78 is 16.9. The van der Waals surface area contributed by atoms with Gasteiger partial charge in [-0.3, -0.25) is 14.4 Å². The van der Waals surface area contributed by atoms with Crippen LogP contribution in [0.1, 0.15) is 290 Å². The van der Waals surface area contributed by atoms with E-state index >= 15 is 0 Å². The maximum absolute atomic E-state index is 12.9. The molecule has 0 aliphatic carbocycles. The first-order valence-corrected chi connectivity index (χ1v) is 29.5. The smallest absolute Gasteiger partial charge is 0.306 e. The molecule has 1 unspecified atom stereocenters. The van der Waals surface area contributed by atoms with Gasteiger partial charge in [-0.1, -0.05) is 267 Å². The minimum atomic E-state index is -0.788. The van der Waals surface area contributed by atoms with Gasteiger partial charge in [0, 0.05) is 19.3 Å². The van der Waals surface area contributed by atoms with Crippen LogP contribution in [-0.4, -0.2) is 37.2 Å². The lowest BCUT2D eigenvalue weighted by atomic mass is 10.0. The van der Waals surface area contributed by atoms with Gasteiger partial charge in [-0.2, -0.15) is 0 Å². The van der Waals surface area contributed by atoms with Gasteiger partial charge in [0.2, 0.25) is 0 Å². The Labute approximate surface area is 427 Å². The Bertz CT molecular complexity index is 1290. The predicted octanol–water partition coefficient (Wildman–Crippen LogP) is 19.8. The number of esters is 3. The van der Waals surface area contributed by atoms with Crippen molar-refractivity contribution in [3.05, 3.63) is 72.9 Å². The van der Waals surface area contributed by atoms with Crippen LogP contribution < -0.4 is 0 Å². The first-order valence-electron chi connectivity index (χ1n) is 29.5. The molecular formula is C63H110O6. The topological polar surface area (TPSA) is 78.9 Å². The fraction of sp³-hybridized carbons (Fsp3) is 0.762. The molecule has 0 bridgehead atoms. The van der Waals surface area contributed by atoms with Crippen LogP contribution in [0.2, 0.25) is 0 Å². The third-order valence-electron chi connectivity index (χ3n) is 12.8. The van der Waals surface area contributed by atoms with Gasteiger partial charge in [-0.15, -0.1) is 0 Å². The summed E-state index contributed by atoms with van der Waals surface area (Å²) in [4.78, 5) is 38.2. The molecule has 0 saturated heterocycles. The quantitative estimate of drug-likeness (QED) is 0.0199. The highest BCUT2D eigenvalue weighted by Gasteiger charge is 2.19. The summed E-state index contributed by atoms with van der Waals surface area (Å²) in [6, 6.07) is 0. The molecule has 0 heterocycles. The average molecular weight is 964 g/mol. The second kappa shape index (κ2) is 57.4. The van der Waals surface area contributed by atoms with E-state index in [1.54, 1.807) is 0 Å². The molecule has 1 atom stereocenters. The van der Waals surface area contributed by atoms with Gasteiger partial charge in [-0.05, 0) is 77.0 Å². The van der Waals surface area contributed by atoms with Crippen LogP contribution in [0, 0.1) is 0 Å². The summed E-state index contributed by atoms with van der Waals surface area (Å²) in [6.45, 7) is 6.51. The normalized spacial score (nSPS) is 12.6. The van der Waals surface area contributed by atoms with E-state index in [9.17, 15) is 14.4 Å². The Morgan fingerprint density at radius 2 is 0.623 bits per heavy atom. The van der Waals surface area contributed by atoms with Crippen molar-refractivity contribution in [1.82, 2.24) is 0 Å². The maximum Gasteiger partial charge on any atom is 0.306 e. The molecule has 0 aromatic heterocycles. The summed E-state index contributed by atoms with van der Waals surface area (Å²) in [5, 5.41) is 0. The zero-order valence-corrected chi connectivity index (χ0v) is 45.6. The second-order valence-corrected chi connectivity index (χ2v) is 19.6. The number of ether oxygens (including phenoxy) is 3. The van der Waals surface area contributed by atoms with Crippen LogP contribution in [0.4, 0.5) is 0 Å². The molecule has 6 heteroatoms. The molecule has 0 aliphatic rings. The minimum absolute atomic E-state index is 0.0871. The van der Waals surface area contributed by atoms with E-state index < -0.39 is 6.10 Å². The molecule has 69 heavy (non-hydrogen) atoms. The maximum atomic E-state index is 12.9. The number of rotatable bonds is 53. The molecule has 0 aliphatic heterocycles. The number of unbranched alkanes of at least 4 members (excludes halogenated alkanes) is 32. The summed E-state index contributed by atoms with van der Waals surface area (Å²) in [6.07, 6.45) is 73.2. The summed E-state index contributed by atoms with van der Waals surface area (Å²) in [7, 11) is 0. The van der Waals surface area contributed by atoms with Crippen molar-refractivity contribution in [1.29, 1.82) is 0 Å². The van der Waals surface area contributed by atoms with Gasteiger partial charge < -0.3 is 14.2 Å². The molecule has 0 rings (SSSR count). The van der Waals surface area contributed by atoms with Gasteiger partial charge in [0.05, 0.1) is 0 Å². The SMILES string of the molecule is CC/C=C\C/C=C\C/C=C\CCCCCCCCC(=O)OCC(COC(=O)CCCCCCC\C=C/C=C\C=C/CCCCCCC)OC(=O)CCCCCCCCCCCCCCCCCCC. The number of allylic oxidation sites excluding steroid dienone is 12. The lowest BCUT2D eigenvalue weighted by Gasteiger charge is -2.18. The second-order valence-electron chi connectivity index (χ2n) is 19.6. The molecule has 398 valence electrons. The third kappa shape index (κ3) is 55.6. The highest BCUT2D eigenvalue weighted by molar-refractivity contribution is 5.71. The first-order chi connectivity index (χ1) is 34.0. The molecule has 0 saturated carbocycles. The molecular weight excluding hydrogens is 853 g/mol. The molecule has 0 aromatic carbocycles. The van der Waals surface area contributed by atoms with E-state index in [1.807, 2.05) is 0 Å². The number of carbonyl (C=O) groups excluding carboxylic acids is 3. The van der Waals surface area contributed by atoms with Crippen molar-refractivity contribution in [2.75, 3.05) is 13.2 Å². The summed E-state index contributed by atoms with van der Waals surface area (Å²) in [5.41, 5.74) is 0. The van der Waals surface area contributed by atoms with E-state index in [4.69, 9.17) is 14.2 Å². The predicted molar refractivity (Wildman–Crippen MR) is 298 cm³/mol. The molecule has 0 spiro atoms. The van der Waals surface area contributed by atoms with Gasteiger partial charge in [0.25, 0.3) is 0 Å². The Kier molecular flexibility index (Phi) is 54.8. The van der Waals surface area contributed by atoms with Gasteiger partial charge in [-0.25, -0.2) is 0 Å². The van der Waals surface area contributed by atoms with Crippen LogP contribution in [0.25, 0.3) is 0 Å². The minimum Gasteiger partial charge on any atom is -0.462 e. The molecule has 0 N–H and O–H groups in total. The van der Waals surface area contributed by atoms with Crippen molar-refractivity contribution < 1.29 is 28.6 Å². The lowest BCUT2D eigenvalue weighted by Crippen LogP contribution is -2.30. The standard InChI is InChI=1S/C63H110O6/c1-4-7-10-13-16-19-22-25-28-31-33-35-38-41-44-47-50-53-56-62(65)68-59-60(58-67-61(64)55-52-49-46-43-40-37-34-30-27-24-21-18-15-12-9-6-3)69-63(66)57-54-51-48-45-42-39-36-32-29-26-23-20-17-14-11-8-5-2/h9,12,18,21-22,25,27-28,30-31,33,35,60H,4-8,10-11,13-17,19-20,23-24,26,29,32,34,36-59H2,1-3H3/b12-9-,21-18-,25-22-,30-27-,31-28-,35-33-. The van der Waals surface area contributed by atoms with Crippen LogP contribution in [0.15, 0.2) is 72.9 Å². The van der Waals surface area contributed by atoms with Crippen molar-refractivity contribution in [2.45, 2.75) is 297 Å². The Balaban J connectivity index is 4.42. The monoisotopic (exact) mass is 963 g/mol. The number of hydrogen-bond acceptors (Lipinski definition) is 6. The van der Waals surface area contributed by atoms with Crippen LogP contribution in [0.3, 0.4) is 0 Å². The Morgan fingerprint density at radius 3 is 1.00 bits per heavy atom. The van der Waals surface area contributed by atoms with Gasteiger partial charge >= 0.3 is 17.9 Å². The van der Waals surface area contributed by atoms with Crippen molar-refractivity contribution >= 4 is 17.9 Å². The number of hydrogen-bond donors (Lipinski definition) is 0. The zero-order chi connectivity index (χ0) is 50.0. The molecule has 0 aromatic rings. The number of carbonyl (C=O) groups is 3. The highest BCUT2D eigenvalue weighted by Crippen LogP contribution is 2.16. The largest absolute Gasteiger partial charge is 0.462 e. The van der Waals surface area contributed by atoms with Crippen molar-refractivity contribution in [3.63, 3.8) is 0 Å². The van der Waals surface area contributed by atoms with Crippen LogP contribution in [0.5, 0.6) is 0 Å². The average Bonchev–Trinajstić information content (AvgIpc) is 3.35. The van der Waals surface area contributed by atoms with E-state index in [-0.39, 0.29) is 31.1 Å². The lowest BCUT2D eigenvalue weighted by molar-refractivity contribution is -0.167. The van der Waals surface area contributed by atoms with Crippen LogP contribution >= 0.6 is 0 Å². The van der Waals surface area contributed by atoms with Gasteiger partial charge in [0.15, 0.2) is 6.10 Å². The van der Waals surface area contributed by atoms with Crippen molar-refractivity contribution in [3.8, 4) is 0 Å². The fourth-order valence-corrected chi connectivity index (χ4v) is 8.34. The summed E-state index contributed by atoms with van der Waals surface area (Å²) >= 11 is 0. The molecule has 0 amide bonds. The van der Waals surface area contributed by atoms with E-state index in [1.165, 1.54) is 148 Å². The van der Waals surface area contributed by atoms with Crippen LogP contribution in [-0.2, 0) is 28.6 Å². The van der Waals surface area contributed by atoms with Crippen molar-refractivity contribution in [2.24, 2.45) is 0 Å². The van der Waals surface area contributed by atoms with E-state index in [0.29, 0.717) is 19.3 Å². The fourth-order valence-electron chi connectivity index (χ4n) is 8.34. The first kappa shape index (κ1) is 65.8. The third-order valence-corrected chi connectivity index (χ3v) is 12.8. The summed E-state index contributed by atoms with van der Waals surface area (Å²) in [5.74, 6) is -0.906. The Hall–Kier alpha value is -3.15. The van der Waals surface area contributed by atoms with E-state index in [2.05, 4.69) is 93.7 Å². The molecule has 0 fully saturated rings. The highest BCUT2D eigenvalue weighted by atomic mass is 16.6. The van der Waals surface area contributed by atoms with Gasteiger partial charge in [0.1, 0.15) is 13.2 Å². The Morgan fingerprint density at radius 1 is 0.319 bits per heavy atom.